The maximum absolute atomic E-state index is 13.3. The van der Waals surface area contributed by atoms with Gasteiger partial charge < -0.3 is 0 Å². The van der Waals surface area contributed by atoms with Crippen molar-refractivity contribution < 1.29 is 51.3 Å². The third-order valence-corrected chi connectivity index (χ3v) is 11.5. The Balaban J connectivity index is 1.93. The predicted octanol–water partition coefficient (Wildman–Crippen LogP) is 1.34. The van der Waals surface area contributed by atoms with Crippen LogP contribution in [0.25, 0.3) is 0 Å². The zero-order valence-electron chi connectivity index (χ0n) is 26.3. The summed E-state index contributed by atoms with van der Waals surface area (Å²) < 4.78 is 39.7. The first-order valence-corrected chi connectivity index (χ1v) is 19.9. The molecule has 0 radical (unpaired) electrons. The molecule has 1 aliphatic heterocycles. The van der Waals surface area contributed by atoms with Crippen molar-refractivity contribution in [3.8, 4) is 5.75 Å². The van der Waals surface area contributed by atoms with Crippen LogP contribution in [0.2, 0.25) is 0 Å². The average Bonchev–Trinajstić information content (AvgIpc) is 3.59. The minimum atomic E-state index is -1.31. The number of carbonyl (C=O) groups excluding carboxylic acids is 5. The fourth-order valence-corrected chi connectivity index (χ4v) is 6.14. The van der Waals surface area contributed by atoms with Crippen LogP contribution in [0, 0.1) is 11.8 Å². The molecule has 0 aliphatic carbocycles. The first kappa shape index (κ1) is 40.0. The van der Waals surface area contributed by atoms with E-state index in [1.165, 1.54) is 44.8 Å². The van der Waals surface area contributed by atoms with Gasteiger partial charge in [0.1, 0.15) is 12.7 Å². The molecule has 1 saturated heterocycles. The molecule has 16 nitrogen and oxygen atoms in total. The molecule has 1 aliphatic rings. The number of hydrogen-bond acceptors (Lipinski definition) is 13. The van der Waals surface area contributed by atoms with Crippen molar-refractivity contribution in [2.24, 2.45) is 11.8 Å². The number of likely N-dealkylation sites (N-methyl/N-ethyl adjacent to an activating group) is 1. The number of halogens is 2. The predicted molar refractivity (Wildman–Crippen MR) is 198 cm³/mol. The van der Waals surface area contributed by atoms with E-state index in [9.17, 15) is 28.2 Å². The van der Waals surface area contributed by atoms with Crippen LogP contribution in [-0.2, 0) is 50.5 Å². The van der Waals surface area contributed by atoms with Gasteiger partial charge >= 0.3 is 280 Å². The van der Waals surface area contributed by atoms with E-state index in [2.05, 4.69) is 15.4 Å². The molecule has 1 aromatic heterocycles. The van der Waals surface area contributed by atoms with Crippen molar-refractivity contribution >= 4 is 122 Å². The number of nitrogens with zero attached hydrogens (tertiary/aromatic N) is 4. The fraction of sp³-hybridized carbons (Fsp3) is 0.458. The average molecular weight is 925 g/mol. The molecule has 2 heterocycles. The molecular formula is C24H29B4I2N5O11S2. The van der Waals surface area contributed by atoms with Gasteiger partial charge in [0.2, 0.25) is 0 Å². The number of anilines is 1. The molecule has 1 N–H and O–H groups in total. The Kier molecular flexibility index (Phi) is 15.9. The Morgan fingerprint density at radius 2 is 1.98 bits per heavy atom. The number of ether oxygens (including phenoxy) is 4. The Hall–Kier alpha value is -2.44. The molecule has 0 spiro atoms. The number of aromatic nitrogens is 3. The van der Waals surface area contributed by atoms with Crippen molar-refractivity contribution in [2.45, 2.75) is 45.9 Å². The van der Waals surface area contributed by atoms with Crippen LogP contribution in [0.5, 0.6) is 5.75 Å². The van der Waals surface area contributed by atoms with Gasteiger partial charge in [0.15, 0.2) is 0 Å². The van der Waals surface area contributed by atoms with E-state index in [0.29, 0.717) is 5.56 Å². The first-order chi connectivity index (χ1) is 22.7. The summed E-state index contributed by atoms with van der Waals surface area (Å²) in [6.45, 7) is 4.16. The van der Waals surface area contributed by atoms with E-state index in [1.807, 2.05) is 43.6 Å². The molecule has 48 heavy (non-hydrogen) atoms. The summed E-state index contributed by atoms with van der Waals surface area (Å²) in [6, 6.07) is 7.45. The molecule has 0 bridgehead atoms. The molecule has 24 heteroatoms. The first-order valence-electron chi connectivity index (χ1n) is 14.1. The SMILES string of the molecule is B/B=S(\I)OC(=O)N(C)CC(=O)Nc1cc(COC(=O)n2cncn2)ccc1O[C@@H]1OC(C(=O)B(I)B=S=O)[C@@H](C)[C@H](C)C1OC(C)=O. The Morgan fingerprint density at radius 1 is 1.25 bits per heavy atom. The number of hydrogen-bond donors (Lipinski definition) is 1. The molecular weight excluding hydrogens is 895 g/mol. The van der Waals surface area contributed by atoms with Gasteiger partial charge in [-0.05, 0) is 0 Å². The molecule has 1 fully saturated rings. The van der Waals surface area contributed by atoms with Crippen LogP contribution < -0.4 is 10.1 Å². The van der Waals surface area contributed by atoms with Gasteiger partial charge in [-0.2, -0.15) is 4.68 Å². The van der Waals surface area contributed by atoms with Gasteiger partial charge in [-0.3, -0.25) is 0 Å². The van der Waals surface area contributed by atoms with Crippen LogP contribution in [0.4, 0.5) is 15.3 Å². The van der Waals surface area contributed by atoms with Gasteiger partial charge in [0, 0.05) is 0 Å². The van der Waals surface area contributed by atoms with Gasteiger partial charge in [-0.15, -0.1) is 5.10 Å². The molecule has 2 aromatic rings. The third kappa shape index (κ3) is 11.3. The second-order valence-electron chi connectivity index (χ2n) is 10.3. The van der Waals surface area contributed by atoms with Crippen molar-refractivity contribution in [1.82, 2.24) is 19.7 Å². The topological polar surface area (TPSA) is 195 Å². The summed E-state index contributed by atoms with van der Waals surface area (Å²) in [5, 5.41) is 6.42. The van der Waals surface area contributed by atoms with E-state index in [0.717, 1.165) is 9.58 Å². The molecule has 3 rings (SSSR count). The van der Waals surface area contributed by atoms with Crippen molar-refractivity contribution in [3.63, 3.8) is 0 Å². The van der Waals surface area contributed by atoms with Crippen LogP contribution in [0.1, 0.15) is 26.3 Å². The Labute approximate surface area is 309 Å². The van der Waals surface area contributed by atoms with Gasteiger partial charge in [0.25, 0.3) is 0 Å². The molecule has 0 saturated carbocycles. The minimum absolute atomic E-state index is 0.0529. The number of benzene rings is 1. The van der Waals surface area contributed by atoms with Gasteiger partial charge in [-0.1, -0.05) is 0 Å². The number of esters is 1. The van der Waals surface area contributed by atoms with E-state index >= 15 is 0 Å². The molecule has 6 atom stereocenters. The summed E-state index contributed by atoms with van der Waals surface area (Å²) in [5.41, 5.74) is 0.158. The summed E-state index contributed by atoms with van der Waals surface area (Å²) >= 11 is 3.95. The van der Waals surface area contributed by atoms with E-state index in [4.69, 9.17) is 23.1 Å². The zero-order valence-corrected chi connectivity index (χ0v) is 32.2. The van der Waals surface area contributed by atoms with E-state index in [1.54, 1.807) is 33.7 Å². The van der Waals surface area contributed by atoms with Gasteiger partial charge in [-0.25, -0.2) is 9.78 Å². The van der Waals surface area contributed by atoms with E-state index in [-0.39, 0.29) is 34.8 Å². The number of carbonyl (C=O) groups is 5. The summed E-state index contributed by atoms with van der Waals surface area (Å²) in [6.07, 6.45) is -2.45. The number of rotatable bonds is 12. The summed E-state index contributed by atoms with van der Waals surface area (Å²) in [5.74, 6) is -2.03. The van der Waals surface area contributed by atoms with Crippen LogP contribution in [0.3, 0.4) is 0 Å². The Bertz CT molecular complexity index is 1610. The second kappa shape index (κ2) is 19.1. The number of amides is 2. The fourth-order valence-electron chi connectivity index (χ4n) is 4.37. The van der Waals surface area contributed by atoms with E-state index < -0.39 is 73.2 Å². The van der Waals surface area contributed by atoms with Crippen LogP contribution in [0.15, 0.2) is 30.9 Å². The van der Waals surface area contributed by atoms with Crippen molar-refractivity contribution in [1.29, 1.82) is 0 Å². The molecule has 1 aromatic carbocycles. The third-order valence-electron chi connectivity index (χ3n) is 6.96. The standard InChI is InChI=1S/C24H29B4I2N5O11S2/c1-12-13(2)20(43-14(3)36)22(45-19(12)21(38)28(29)27-47-41)44-17-6-5-15(9-42-24(40)35-11-31-10-32-35)7-16(17)33-18(37)8-34(4)23(39)46-48(30)26-25/h5-7,10-13,19-20,22H,8-9,25H2,1-4H3,(H,33,37)/t12-,13-,19?,20?,22+,48?/m0/s1. The summed E-state index contributed by atoms with van der Waals surface area (Å²) in [4.78, 5) is 68.0. The van der Waals surface area contributed by atoms with Crippen molar-refractivity contribution in [2.75, 3.05) is 18.9 Å². The zero-order chi connectivity index (χ0) is 35.5. The quantitative estimate of drug-likeness (QED) is 0.182. The molecule has 3 unspecified atom stereocenters. The molecule has 254 valence electrons. The summed E-state index contributed by atoms with van der Waals surface area (Å²) in [7, 11) is 2.35. The van der Waals surface area contributed by atoms with Gasteiger partial charge in [0.05, 0.1) is 0 Å². The Morgan fingerprint density at radius 3 is 2.60 bits per heavy atom. The van der Waals surface area contributed by atoms with Crippen molar-refractivity contribution in [3.05, 3.63) is 36.4 Å². The normalized spacial score (nSPS) is 20.6. The molecule has 2 amide bonds. The monoisotopic (exact) mass is 925 g/mol. The maximum atomic E-state index is 13.3. The van der Waals surface area contributed by atoms with Crippen LogP contribution in [-0.4, -0.2) is 110 Å². The number of nitrogens with one attached hydrogen (secondary N) is 1. The second-order valence-corrected chi connectivity index (χ2v) is 15.9. The van der Waals surface area contributed by atoms with Crippen LogP contribution >= 0.6 is 51.4 Å².